The van der Waals surface area contributed by atoms with Crippen molar-refractivity contribution in [2.24, 2.45) is 0 Å². The van der Waals surface area contributed by atoms with Gasteiger partial charge in [0.15, 0.2) is 0 Å². The van der Waals surface area contributed by atoms with Crippen LogP contribution in [0.15, 0.2) is 36.4 Å². The molecule has 1 saturated heterocycles. The number of rotatable bonds is 2. The van der Waals surface area contributed by atoms with E-state index in [1.165, 1.54) is 0 Å². The van der Waals surface area contributed by atoms with E-state index < -0.39 is 0 Å². The first kappa shape index (κ1) is 16.2. The van der Waals surface area contributed by atoms with Crippen LogP contribution in [0.5, 0.6) is 0 Å². The summed E-state index contributed by atoms with van der Waals surface area (Å²) in [5.41, 5.74) is 1.76. The second-order valence-electron chi connectivity index (χ2n) is 6.24. The van der Waals surface area contributed by atoms with Gasteiger partial charge in [0.05, 0.1) is 23.7 Å². The molecule has 25 heavy (non-hydrogen) atoms. The van der Waals surface area contributed by atoms with Crippen molar-refractivity contribution in [3.8, 4) is 0 Å². The Kier molecular flexibility index (Phi) is 4.23. The van der Waals surface area contributed by atoms with E-state index in [4.69, 9.17) is 4.74 Å². The third-order valence-corrected chi connectivity index (χ3v) is 5.41. The van der Waals surface area contributed by atoms with Gasteiger partial charge in [-0.1, -0.05) is 18.2 Å². The summed E-state index contributed by atoms with van der Waals surface area (Å²) in [7, 11) is 0. The van der Waals surface area contributed by atoms with E-state index in [-0.39, 0.29) is 12.0 Å². The van der Waals surface area contributed by atoms with Crippen molar-refractivity contribution >= 4 is 27.3 Å². The monoisotopic (exact) mass is 353 g/mol. The number of aromatic nitrogens is 2. The van der Waals surface area contributed by atoms with E-state index in [1.54, 1.807) is 11.3 Å². The molecule has 1 fully saturated rings. The molecule has 1 atom stereocenters. The standard InChI is InChI=1S/C19H19N3O2S/c1-12-9-15(21-13(2)20-12)16-11-22(7-8-24-16)19(23)18-10-14-5-3-4-6-17(14)25-18/h3-6,9-10,16H,7-8,11H2,1-2H3. The first-order valence-electron chi connectivity index (χ1n) is 8.32. The second kappa shape index (κ2) is 6.54. The SMILES string of the molecule is Cc1cc(C2CN(C(=O)c3cc4ccccc4s3)CCO2)nc(C)n1. The summed E-state index contributed by atoms with van der Waals surface area (Å²) >= 11 is 1.54. The molecule has 1 aliphatic rings. The van der Waals surface area contributed by atoms with Gasteiger partial charge in [0.2, 0.25) is 0 Å². The van der Waals surface area contributed by atoms with Gasteiger partial charge in [-0.15, -0.1) is 11.3 Å². The maximum Gasteiger partial charge on any atom is 0.264 e. The van der Waals surface area contributed by atoms with Gasteiger partial charge in [-0.3, -0.25) is 4.79 Å². The summed E-state index contributed by atoms with van der Waals surface area (Å²) < 4.78 is 7.01. The Labute approximate surface area is 150 Å². The van der Waals surface area contributed by atoms with Gasteiger partial charge in [-0.05, 0) is 37.4 Å². The molecule has 6 heteroatoms. The van der Waals surface area contributed by atoms with Gasteiger partial charge >= 0.3 is 0 Å². The van der Waals surface area contributed by atoms with Crippen LogP contribution < -0.4 is 0 Å². The Balaban J connectivity index is 1.57. The summed E-state index contributed by atoms with van der Waals surface area (Å²) in [5, 5.41) is 1.11. The zero-order valence-corrected chi connectivity index (χ0v) is 15.0. The normalized spacial score (nSPS) is 17.8. The molecule has 1 unspecified atom stereocenters. The van der Waals surface area contributed by atoms with E-state index in [1.807, 2.05) is 55.1 Å². The molecule has 1 amide bonds. The third-order valence-electron chi connectivity index (χ3n) is 4.31. The quantitative estimate of drug-likeness (QED) is 0.707. The Morgan fingerprint density at radius 2 is 2.08 bits per heavy atom. The number of morpholine rings is 1. The van der Waals surface area contributed by atoms with E-state index in [0.29, 0.717) is 19.7 Å². The minimum Gasteiger partial charge on any atom is -0.368 e. The first-order valence-corrected chi connectivity index (χ1v) is 9.13. The number of hydrogen-bond acceptors (Lipinski definition) is 5. The average Bonchev–Trinajstić information content (AvgIpc) is 3.04. The van der Waals surface area contributed by atoms with Gasteiger partial charge in [0, 0.05) is 16.9 Å². The number of thiophene rings is 1. The van der Waals surface area contributed by atoms with E-state index in [0.717, 1.165) is 32.2 Å². The molecule has 1 aromatic carbocycles. The minimum atomic E-state index is -0.201. The fourth-order valence-electron chi connectivity index (χ4n) is 3.17. The predicted octanol–water partition coefficient (Wildman–Crippen LogP) is 3.52. The molecule has 0 saturated carbocycles. The van der Waals surface area contributed by atoms with Gasteiger partial charge in [-0.2, -0.15) is 0 Å². The highest BCUT2D eigenvalue weighted by molar-refractivity contribution is 7.20. The lowest BCUT2D eigenvalue weighted by Gasteiger charge is -2.32. The van der Waals surface area contributed by atoms with Crippen LogP contribution >= 0.6 is 11.3 Å². The fourth-order valence-corrected chi connectivity index (χ4v) is 4.20. The Morgan fingerprint density at radius 1 is 1.24 bits per heavy atom. The molecular weight excluding hydrogens is 334 g/mol. The molecule has 1 aliphatic heterocycles. The lowest BCUT2D eigenvalue weighted by molar-refractivity contribution is -0.0247. The van der Waals surface area contributed by atoms with Crippen LogP contribution in [0, 0.1) is 13.8 Å². The highest BCUT2D eigenvalue weighted by Gasteiger charge is 2.28. The van der Waals surface area contributed by atoms with Crippen molar-refractivity contribution in [3.63, 3.8) is 0 Å². The van der Waals surface area contributed by atoms with Crippen LogP contribution in [-0.2, 0) is 4.74 Å². The fraction of sp³-hybridized carbons (Fsp3) is 0.316. The van der Waals surface area contributed by atoms with E-state index >= 15 is 0 Å². The number of amides is 1. The smallest absolute Gasteiger partial charge is 0.264 e. The van der Waals surface area contributed by atoms with Crippen LogP contribution in [0.4, 0.5) is 0 Å². The zero-order chi connectivity index (χ0) is 17.4. The highest BCUT2D eigenvalue weighted by Crippen LogP contribution is 2.28. The third kappa shape index (κ3) is 3.27. The summed E-state index contributed by atoms with van der Waals surface area (Å²) in [6.45, 7) is 5.46. The number of aryl methyl sites for hydroxylation is 2. The molecular formula is C19H19N3O2S. The zero-order valence-electron chi connectivity index (χ0n) is 14.2. The number of ether oxygens (including phenoxy) is 1. The van der Waals surface area contributed by atoms with Crippen LogP contribution in [-0.4, -0.2) is 40.5 Å². The number of hydrogen-bond donors (Lipinski definition) is 0. The second-order valence-corrected chi connectivity index (χ2v) is 7.32. The molecule has 0 radical (unpaired) electrons. The summed E-state index contributed by atoms with van der Waals surface area (Å²) in [6.07, 6.45) is -0.201. The topological polar surface area (TPSA) is 55.3 Å². The molecule has 3 heterocycles. The van der Waals surface area contributed by atoms with Gasteiger partial charge in [0.25, 0.3) is 5.91 Å². The lowest BCUT2D eigenvalue weighted by atomic mass is 10.1. The molecule has 3 aromatic rings. The van der Waals surface area contributed by atoms with Gasteiger partial charge in [0.1, 0.15) is 11.9 Å². The van der Waals surface area contributed by atoms with Crippen LogP contribution in [0.3, 0.4) is 0 Å². The maximum atomic E-state index is 12.9. The largest absolute Gasteiger partial charge is 0.368 e. The molecule has 128 valence electrons. The average molecular weight is 353 g/mol. The van der Waals surface area contributed by atoms with Crippen molar-refractivity contribution in [3.05, 3.63) is 58.5 Å². The number of fused-ring (bicyclic) bond motifs is 1. The molecule has 0 bridgehead atoms. The summed E-state index contributed by atoms with van der Waals surface area (Å²) in [4.78, 5) is 24.4. The predicted molar refractivity (Wildman–Crippen MR) is 97.9 cm³/mol. The van der Waals surface area contributed by atoms with Crippen molar-refractivity contribution in [1.29, 1.82) is 0 Å². The Hall–Kier alpha value is -2.31. The molecule has 5 nitrogen and oxygen atoms in total. The van der Waals surface area contributed by atoms with Gasteiger partial charge in [-0.25, -0.2) is 9.97 Å². The lowest BCUT2D eigenvalue weighted by Crippen LogP contribution is -2.42. The Morgan fingerprint density at radius 3 is 2.88 bits per heavy atom. The minimum absolute atomic E-state index is 0.0667. The van der Waals surface area contributed by atoms with E-state index in [2.05, 4.69) is 9.97 Å². The summed E-state index contributed by atoms with van der Waals surface area (Å²) in [5.74, 6) is 0.795. The Bertz CT molecular complexity index is 884. The van der Waals surface area contributed by atoms with Crippen molar-refractivity contribution in [2.45, 2.75) is 20.0 Å². The number of benzene rings is 1. The molecule has 4 rings (SSSR count). The first-order chi connectivity index (χ1) is 12.1. The highest BCUT2D eigenvalue weighted by atomic mass is 32.1. The van der Waals surface area contributed by atoms with Crippen LogP contribution in [0.1, 0.15) is 33.0 Å². The maximum absolute atomic E-state index is 12.9. The van der Waals surface area contributed by atoms with E-state index in [9.17, 15) is 4.79 Å². The van der Waals surface area contributed by atoms with Crippen molar-refractivity contribution in [1.82, 2.24) is 14.9 Å². The summed E-state index contributed by atoms with van der Waals surface area (Å²) in [6, 6.07) is 12.0. The van der Waals surface area contributed by atoms with Crippen molar-refractivity contribution < 1.29 is 9.53 Å². The van der Waals surface area contributed by atoms with Crippen molar-refractivity contribution in [2.75, 3.05) is 19.7 Å². The number of carbonyl (C=O) groups excluding carboxylic acids is 1. The number of carbonyl (C=O) groups is 1. The molecule has 2 aromatic heterocycles. The van der Waals surface area contributed by atoms with Crippen LogP contribution in [0.2, 0.25) is 0 Å². The molecule has 0 spiro atoms. The molecule has 0 N–H and O–H groups in total. The number of nitrogens with zero attached hydrogens (tertiary/aromatic N) is 3. The van der Waals surface area contributed by atoms with Gasteiger partial charge < -0.3 is 9.64 Å². The van der Waals surface area contributed by atoms with Crippen LogP contribution in [0.25, 0.3) is 10.1 Å². The molecule has 0 aliphatic carbocycles.